The van der Waals surface area contributed by atoms with Crippen LogP contribution in [0.2, 0.25) is 0 Å². The summed E-state index contributed by atoms with van der Waals surface area (Å²) < 4.78 is 0. The molecule has 74 valence electrons. The maximum absolute atomic E-state index is 5.85. The lowest BCUT2D eigenvalue weighted by molar-refractivity contribution is 0.180. The minimum atomic E-state index is 0. The van der Waals surface area contributed by atoms with E-state index in [4.69, 9.17) is 5.73 Å². The molecule has 0 spiro atoms. The van der Waals surface area contributed by atoms with Crippen molar-refractivity contribution in [3.63, 3.8) is 0 Å². The van der Waals surface area contributed by atoms with Gasteiger partial charge in [0.1, 0.15) is 0 Å². The van der Waals surface area contributed by atoms with Gasteiger partial charge in [-0.05, 0) is 32.2 Å². The van der Waals surface area contributed by atoms with Crippen molar-refractivity contribution in [3.05, 3.63) is 0 Å². The maximum Gasteiger partial charge on any atom is 0.0168 e. The summed E-state index contributed by atoms with van der Waals surface area (Å²) in [5.41, 5.74) is 5.85. The quantitative estimate of drug-likeness (QED) is 0.659. The second kappa shape index (κ2) is 5.28. The van der Waals surface area contributed by atoms with E-state index in [9.17, 15) is 0 Å². The molecular weight excluding hydrogens is 195 g/mol. The first-order valence-electron chi connectivity index (χ1n) is 4.36. The lowest BCUT2D eigenvalue weighted by Gasteiger charge is -2.32. The summed E-state index contributed by atoms with van der Waals surface area (Å²) in [4.78, 5) is 2.56. The Morgan fingerprint density at radius 1 is 1.08 bits per heavy atom. The first-order chi connectivity index (χ1) is 4.86. The Balaban J connectivity index is 0.000000605. The molecule has 0 saturated carbocycles. The zero-order valence-corrected chi connectivity index (χ0v) is 8.87. The minimum absolute atomic E-state index is 0. The van der Waals surface area contributed by atoms with E-state index in [0.29, 0.717) is 6.04 Å². The molecule has 2 nitrogen and oxygen atoms in total. The Labute approximate surface area is 86.7 Å². The smallest absolute Gasteiger partial charge is 0.0168 e. The number of nitrogens with two attached hydrogens (primary N) is 1. The van der Waals surface area contributed by atoms with Crippen LogP contribution in [0.15, 0.2) is 0 Å². The topological polar surface area (TPSA) is 29.3 Å². The summed E-state index contributed by atoms with van der Waals surface area (Å²) in [7, 11) is 0. The van der Waals surface area contributed by atoms with E-state index in [2.05, 4.69) is 4.90 Å². The predicted octanol–water partition coefficient (Wildman–Crippen LogP) is 1.42. The number of nitrogens with zero attached hydrogens (tertiary/aromatic N) is 1. The van der Waals surface area contributed by atoms with Crippen LogP contribution in [-0.2, 0) is 0 Å². The SMILES string of the molecule is Cl.Cl.NC1CCC2CCCN2C1. The molecule has 2 fully saturated rings. The fraction of sp³-hybridized carbons (Fsp3) is 1.00. The van der Waals surface area contributed by atoms with E-state index in [1.54, 1.807) is 0 Å². The normalized spacial score (nSPS) is 34.8. The van der Waals surface area contributed by atoms with Gasteiger partial charge in [0.2, 0.25) is 0 Å². The molecule has 0 bridgehead atoms. The van der Waals surface area contributed by atoms with Gasteiger partial charge in [-0.3, -0.25) is 4.90 Å². The lowest BCUT2D eigenvalue weighted by Crippen LogP contribution is -2.45. The highest BCUT2D eigenvalue weighted by atomic mass is 35.5. The van der Waals surface area contributed by atoms with Crippen LogP contribution in [0.1, 0.15) is 25.7 Å². The summed E-state index contributed by atoms with van der Waals surface area (Å²) in [6.07, 6.45) is 5.42. The molecule has 12 heavy (non-hydrogen) atoms. The molecule has 0 aliphatic carbocycles. The molecule has 2 unspecified atom stereocenters. The van der Waals surface area contributed by atoms with Crippen molar-refractivity contribution in [3.8, 4) is 0 Å². The predicted molar refractivity (Wildman–Crippen MR) is 56.3 cm³/mol. The average molecular weight is 213 g/mol. The molecule has 2 heterocycles. The van der Waals surface area contributed by atoms with E-state index in [-0.39, 0.29) is 24.8 Å². The number of hydrogen-bond acceptors (Lipinski definition) is 2. The Kier molecular flexibility index (Phi) is 5.50. The van der Waals surface area contributed by atoms with Gasteiger partial charge in [0.25, 0.3) is 0 Å². The van der Waals surface area contributed by atoms with Crippen molar-refractivity contribution < 1.29 is 0 Å². The third kappa shape index (κ3) is 2.49. The Bertz CT molecular complexity index is 132. The van der Waals surface area contributed by atoms with Gasteiger partial charge < -0.3 is 5.73 Å². The largest absolute Gasteiger partial charge is 0.327 e. The van der Waals surface area contributed by atoms with Gasteiger partial charge in [0.15, 0.2) is 0 Å². The van der Waals surface area contributed by atoms with E-state index in [1.165, 1.54) is 32.2 Å². The van der Waals surface area contributed by atoms with Crippen molar-refractivity contribution in [2.45, 2.75) is 37.8 Å². The summed E-state index contributed by atoms with van der Waals surface area (Å²) >= 11 is 0. The van der Waals surface area contributed by atoms with Crippen molar-refractivity contribution in [2.24, 2.45) is 5.73 Å². The number of rotatable bonds is 0. The molecule has 2 N–H and O–H groups in total. The van der Waals surface area contributed by atoms with Crippen molar-refractivity contribution in [2.75, 3.05) is 13.1 Å². The van der Waals surface area contributed by atoms with E-state index >= 15 is 0 Å². The van der Waals surface area contributed by atoms with Crippen LogP contribution in [0.25, 0.3) is 0 Å². The van der Waals surface area contributed by atoms with Gasteiger partial charge in [0.05, 0.1) is 0 Å². The zero-order chi connectivity index (χ0) is 6.97. The van der Waals surface area contributed by atoms with Crippen LogP contribution < -0.4 is 5.73 Å². The Morgan fingerprint density at radius 3 is 2.58 bits per heavy atom. The number of hydrogen-bond donors (Lipinski definition) is 1. The molecule has 0 aromatic carbocycles. The fourth-order valence-electron chi connectivity index (χ4n) is 2.26. The molecule has 2 aliphatic rings. The lowest BCUT2D eigenvalue weighted by atomic mass is 10.00. The van der Waals surface area contributed by atoms with Crippen LogP contribution in [0.3, 0.4) is 0 Å². The van der Waals surface area contributed by atoms with Crippen LogP contribution in [0.5, 0.6) is 0 Å². The standard InChI is InChI=1S/C8H16N2.2ClH/c9-7-3-4-8-2-1-5-10(8)6-7;;/h7-8H,1-6,9H2;2*1H. The molecular formula is C8H18Cl2N2. The Hall–Kier alpha value is 0.500. The summed E-state index contributed by atoms with van der Waals surface area (Å²) in [5, 5.41) is 0. The van der Waals surface area contributed by atoms with E-state index in [0.717, 1.165) is 12.6 Å². The highest BCUT2D eigenvalue weighted by molar-refractivity contribution is 5.85. The molecule has 0 radical (unpaired) electrons. The monoisotopic (exact) mass is 212 g/mol. The highest BCUT2D eigenvalue weighted by Gasteiger charge is 2.29. The molecule has 0 aromatic heterocycles. The number of piperidine rings is 1. The molecule has 2 saturated heterocycles. The van der Waals surface area contributed by atoms with Gasteiger partial charge in [0, 0.05) is 18.6 Å². The minimum Gasteiger partial charge on any atom is -0.327 e. The average Bonchev–Trinajstić information content (AvgIpc) is 2.33. The zero-order valence-electron chi connectivity index (χ0n) is 7.24. The van der Waals surface area contributed by atoms with Crippen LogP contribution in [-0.4, -0.2) is 30.1 Å². The summed E-state index contributed by atoms with van der Waals surface area (Å²) in [6.45, 7) is 2.46. The molecule has 2 rings (SSSR count). The molecule has 2 atom stereocenters. The molecule has 2 aliphatic heterocycles. The summed E-state index contributed by atoms with van der Waals surface area (Å²) in [6, 6.07) is 1.37. The van der Waals surface area contributed by atoms with Crippen molar-refractivity contribution >= 4 is 24.8 Å². The van der Waals surface area contributed by atoms with Gasteiger partial charge in [-0.25, -0.2) is 0 Å². The molecule has 0 aromatic rings. The van der Waals surface area contributed by atoms with Crippen molar-refractivity contribution in [1.82, 2.24) is 4.90 Å². The summed E-state index contributed by atoms with van der Waals surface area (Å²) in [5.74, 6) is 0. The highest BCUT2D eigenvalue weighted by Crippen LogP contribution is 2.25. The molecule has 4 heteroatoms. The van der Waals surface area contributed by atoms with E-state index in [1.807, 2.05) is 0 Å². The van der Waals surface area contributed by atoms with Crippen molar-refractivity contribution in [1.29, 1.82) is 0 Å². The van der Waals surface area contributed by atoms with Gasteiger partial charge in [-0.1, -0.05) is 0 Å². The third-order valence-corrected chi connectivity index (χ3v) is 2.84. The van der Waals surface area contributed by atoms with Crippen LogP contribution in [0.4, 0.5) is 0 Å². The van der Waals surface area contributed by atoms with Gasteiger partial charge in [-0.2, -0.15) is 0 Å². The molecule has 0 amide bonds. The second-order valence-corrected chi connectivity index (χ2v) is 3.63. The first kappa shape index (κ1) is 12.5. The first-order valence-corrected chi connectivity index (χ1v) is 4.36. The van der Waals surface area contributed by atoms with E-state index < -0.39 is 0 Å². The third-order valence-electron chi connectivity index (χ3n) is 2.84. The van der Waals surface area contributed by atoms with Crippen LogP contribution >= 0.6 is 24.8 Å². The number of halogens is 2. The fourth-order valence-corrected chi connectivity index (χ4v) is 2.26. The van der Waals surface area contributed by atoms with Crippen LogP contribution in [0, 0.1) is 0 Å². The van der Waals surface area contributed by atoms with Gasteiger partial charge >= 0.3 is 0 Å². The maximum atomic E-state index is 5.85. The number of fused-ring (bicyclic) bond motifs is 1. The Morgan fingerprint density at radius 2 is 1.83 bits per heavy atom. The van der Waals surface area contributed by atoms with Gasteiger partial charge in [-0.15, -0.1) is 24.8 Å². The second-order valence-electron chi connectivity index (χ2n) is 3.63.